The summed E-state index contributed by atoms with van der Waals surface area (Å²) < 4.78 is 10.4. The molecular weight excluding hydrogens is 408 g/mol. The van der Waals surface area contributed by atoms with Gasteiger partial charge in [0.15, 0.2) is 5.17 Å². The third-order valence-corrected chi connectivity index (χ3v) is 5.97. The highest BCUT2D eigenvalue weighted by molar-refractivity contribution is 8.18. The van der Waals surface area contributed by atoms with Gasteiger partial charge in [0.05, 0.1) is 24.8 Å². The molecule has 0 atom stereocenters. The van der Waals surface area contributed by atoms with Gasteiger partial charge in [0.2, 0.25) is 0 Å². The molecule has 3 aromatic rings. The maximum absolute atomic E-state index is 12.8. The molecule has 3 aromatic carbocycles. The molecule has 1 heterocycles. The largest absolute Gasteiger partial charge is 0.497 e. The first-order chi connectivity index (χ1) is 15.1. The molecular formula is C25H22N2O3S. The summed E-state index contributed by atoms with van der Waals surface area (Å²) in [4.78, 5) is 19.6. The highest BCUT2D eigenvalue weighted by Crippen LogP contribution is 2.34. The zero-order valence-corrected chi connectivity index (χ0v) is 18.3. The second kappa shape index (κ2) is 9.10. The number of hydrogen-bond donors (Lipinski definition) is 0. The Morgan fingerprint density at radius 3 is 2.16 bits per heavy atom. The zero-order chi connectivity index (χ0) is 21.8. The Balaban J connectivity index is 1.58. The molecule has 1 amide bonds. The van der Waals surface area contributed by atoms with Gasteiger partial charge in [-0.2, -0.15) is 0 Å². The number of benzene rings is 3. The number of carbonyl (C=O) groups excluding carboxylic acids is 1. The lowest BCUT2D eigenvalue weighted by atomic mass is 10.0. The van der Waals surface area contributed by atoms with Crippen LogP contribution in [0.3, 0.4) is 0 Å². The first kappa shape index (κ1) is 20.8. The third kappa shape index (κ3) is 4.64. The van der Waals surface area contributed by atoms with Crippen LogP contribution in [0.4, 0.5) is 5.69 Å². The van der Waals surface area contributed by atoms with Crippen molar-refractivity contribution >= 4 is 34.6 Å². The highest BCUT2D eigenvalue weighted by atomic mass is 32.2. The Labute approximate surface area is 186 Å². The van der Waals surface area contributed by atoms with Crippen LogP contribution < -0.4 is 9.47 Å². The fourth-order valence-corrected chi connectivity index (χ4v) is 4.15. The molecule has 1 fully saturated rings. The van der Waals surface area contributed by atoms with Gasteiger partial charge in [-0.05, 0) is 77.0 Å². The molecule has 31 heavy (non-hydrogen) atoms. The standard InChI is InChI=1S/C25H22N2O3S/c1-27-24(28)23(31-25(27)26-20-9-13-22(30-3)14-10-20)16-17-5-4-6-19(15-17)18-7-11-21(29-2)12-8-18/h4-16H,1-3H3. The minimum absolute atomic E-state index is 0.0629. The van der Waals surface area contributed by atoms with Crippen molar-refractivity contribution in [1.29, 1.82) is 0 Å². The minimum atomic E-state index is -0.0629. The summed E-state index contributed by atoms with van der Waals surface area (Å²) in [6.07, 6.45) is 1.91. The van der Waals surface area contributed by atoms with Gasteiger partial charge in [-0.3, -0.25) is 9.69 Å². The Morgan fingerprint density at radius 1 is 0.871 bits per heavy atom. The lowest BCUT2D eigenvalue weighted by molar-refractivity contribution is -0.121. The van der Waals surface area contributed by atoms with E-state index in [0.717, 1.165) is 33.9 Å². The van der Waals surface area contributed by atoms with Gasteiger partial charge in [-0.25, -0.2) is 4.99 Å². The van der Waals surface area contributed by atoms with Crippen LogP contribution in [0.15, 0.2) is 82.7 Å². The average molecular weight is 431 g/mol. The Hall–Kier alpha value is -3.51. The summed E-state index contributed by atoms with van der Waals surface area (Å²) in [7, 11) is 5.02. The van der Waals surface area contributed by atoms with Crippen LogP contribution in [-0.4, -0.2) is 37.2 Å². The molecule has 0 unspecified atom stereocenters. The Kier molecular flexibility index (Phi) is 6.09. The maximum Gasteiger partial charge on any atom is 0.266 e. The molecule has 0 aromatic heterocycles. The predicted octanol–water partition coefficient (Wildman–Crippen LogP) is 5.60. The number of hydrogen-bond acceptors (Lipinski definition) is 5. The van der Waals surface area contributed by atoms with E-state index in [1.54, 1.807) is 26.2 Å². The van der Waals surface area contributed by atoms with Crippen LogP contribution >= 0.6 is 11.8 Å². The van der Waals surface area contributed by atoms with Crippen molar-refractivity contribution in [3.8, 4) is 22.6 Å². The van der Waals surface area contributed by atoms with Gasteiger partial charge < -0.3 is 9.47 Å². The number of methoxy groups -OCH3 is 2. The molecule has 1 saturated heterocycles. The average Bonchev–Trinajstić information content (AvgIpc) is 3.07. The van der Waals surface area contributed by atoms with E-state index in [0.29, 0.717) is 10.1 Å². The highest BCUT2D eigenvalue weighted by Gasteiger charge is 2.30. The molecule has 156 valence electrons. The molecule has 0 radical (unpaired) electrons. The number of amides is 1. The topological polar surface area (TPSA) is 51.1 Å². The predicted molar refractivity (Wildman–Crippen MR) is 127 cm³/mol. The van der Waals surface area contributed by atoms with Crippen molar-refractivity contribution in [3.05, 3.63) is 83.3 Å². The van der Waals surface area contributed by atoms with Gasteiger partial charge in [0.1, 0.15) is 11.5 Å². The van der Waals surface area contributed by atoms with Gasteiger partial charge >= 0.3 is 0 Å². The lowest BCUT2D eigenvalue weighted by Gasteiger charge is -2.07. The van der Waals surface area contributed by atoms with Gasteiger partial charge in [0, 0.05) is 7.05 Å². The van der Waals surface area contributed by atoms with Crippen LogP contribution in [0.5, 0.6) is 11.5 Å². The molecule has 6 heteroatoms. The second-order valence-electron chi connectivity index (χ2n) is 6.92. The summed E-state index contributed by atoms with van der Waals surface area (Å²) in [5.41, 5.74) is 3.90. The van der Waals surface area contributed by atoms with Crippen LogP contribution in [-0.2, 0) is 4.79 Å². The van der Waals surface area contributed by atoms with Gasteiger partial charge in [0.25, 0.3) is 5.91 Å². The summed E-state index contributed by atoms with van der Waals surface area (Å²) in [5, 5.41) is 0.646. The molecule has 0 spiro atoms. The van der Waals surface area contributed by atoms with Crippen molar-refractivity contribution in [2.75, 3.05) is 21.3 Å². The molecule has 0 N–H and O–H groups in total. The first-order valence-corrected chi connectivity index (χ1v) is 10.5. The third-order valence-electron chi connectivity index (χ3n) is 4.91. The van der Waals surface area contributed by atoms with Crippen molar-refractivity contribution in [1.82, 2.24) is 4.90 Å². The number of likely N-dealkylation sites (N-methyl/N-ethyl adjacent to an activating group) is 1. The number of nitrogens with zero attached hydrogens (tertiary/aromatic N) is 2. The van der Waals surface area contributed by atoms with E-state index in [1.165, 1.54) is 11.8 Å². The number of amidine groups is 1. The first-order valence-electron chi connectivity index (χ1n) is 9.72. The second-order valence-corrected chi connectivity index (χ2v) is 7.93. The maximum atomic E-state index is 12.8. The molecule has 1 aliphatic heterocycles. The van der Waals surface area contributed by atoms with E-state index >= 15 is 0 Å². The number of ether oxygens (including phenoxy) is 2. The summed E-state index contributed by atoms with van der Waals surface area (Å²) in [6.45, 7) is 0. The molecule has 0 aliphatic carbocycles. The zero-order valence-electron chi connectivity index (χ0n) is 17.5. The van der Waals surface area contributed by atoms with Gasteiger partial charge in [-0.15, -0.1) is 0 Å². The fourth-order valence-electron chi connectivity index (χ4n) is 3.16. The molecule has 5 nitrogen and oxygen atoms in total. The molecule has 1 aliphatic rings. The number of aliphatic imine (C=N–C) groups is 1. The van der Waals surface area contributed by atoms with E-state index in [2.05, 4.69) is 17.1 Å². The van der Waals surface area contributed by atoms with E-state index in [1.807, 2.05) is 66.7 Å². The molecule has 4 rings (SSSR count). The normalized spacial score (nSPS) is 16.2. The van der Waals surface area contributed by atoms with Crippen molar-refractivity contribution in [3.63, 3.8) is 0 Å². The van der Waals surface area contributed by atoms with Crippen LogP contribution in [0.25, 0.3) is 17.2 Å². The monoisotopic (exact) mass is 430 g/mol. The van der Waals surface area contributed by atoms with Gasteiger partial charge in [-0.1, -0.05) is 30.3 Å². The summed E-state index contributed by atoms with van der Waals surface area (Å²) >= 11 is 1.37. The van der Waals surface area contributed by atoms with Crippen molar-refractivity contribution in [2.45, 2.75) is 0 Å². The Bertz CT molecular complexity index is 1150. The van der Waals surface area contributed by atoms with Crippen molar-refractivity contribution in [2.24, 2.45) is 4.99 Å². The fraction of sp³-hybridized carbons (Fsp3) is 0.120. The van der Waals surface area contributed by atoms with E-state index in [9.17, 15) is 4.79 Å². The minimum Gasteiger partial charge on any atom is -0.497 e. The van der Waals surface area contributed by atoms with E-state index in [4.69, 9.17) is 9.47 Å². The molecule has 0 saturated carbocycles. The van der Waals surface area contributed by atoms with Crippen LogP contribution in [0.1, 0.15) is 5.56 Å². The van der Waals surface area contributed by atoms with E-state index < -0.39 is 0 Å². The lowest BCUT2D eigenvalue weighted by Crippen LogP contribution is -2.23. The van der Waals surface area contributed by atoms with Crippen molar-refractivity contribution < 1.29 is 14.3 Å². The van der Waals surface area contributed by atoms with Crippen LogP contribution in [0, 0.1) is 0 Å². The van der Waals surface area contributed by atoms with Crippen LogP contribution in [0.2, 0.25) is 0 Å². The summed E-state index contributed by atoms with van der Waals surface area (Å²) in [5.74, 6) is 1.53. The summed E-state index contributed by atoms with van der Waals surface area (Å²) in [6, 6.07) is 23.5. The Morgan fingerprint density at radius 2 is 1.52 bits per heavy atom. The number of thioether (sulfide) groups is 1. The number of carbonyl (C=O) groups is 1. The smallest absolute Gasteiger partial charge is 0.266 e. The molecule has 0 bridgehead atoms. The SMILES string of the molecule is COc1ccc(N=C2SC(=Cc3cccc(-c4ccc(OC)cc4)c3)C(=O)N2C)cc1. The quantitative estimate of drug-likeness (QED) is 0.494. The number of rotatable bonds is 5. The van der Waals surface area contributed by atoms with E-state index in [-0.39, 0.29) is 5.91 Å².